The Bertz CT molecular complexity index is 1950. The van der Waals surface area contributed by atoms with Gasteiger partial charge in [-0.3, -0.25) is 9.59 Å². The number of carbonyl (C=O) groups is 2. The zero-order chi connectivity index (χ0) is 42.9. The van der Waals surface area contributed by atoms with Crippen LogP contribution < -0.4 is 30.1 Å². The minimum Gasteiger partial charge on any atom is -0.506 e. The van der Waals surface area contributed by atoms with Crippen LogP contribution >= 0.6 is 75.3 Å². The monoisotopic (exact) mass is 1080 g/mol. The number of ether oxygens (including phenoxy) is 3. The van der Waals surface area contributed by atoms with Crippen molar-refractivity contribution in [1.82, 2.24) is 10.9 Å². The van der Waals surface area contributed by atoms with E-state index in [0.29, 0.717) is 71.8 Å². The molecule has 59 heavy (non-hydrogen) atoms. The van der Waals surface area contributed by atoms with E-state index in [2.05, 4.69) is 84.8 Å². The molecule has 0 aromatic heterocycles. The van der Waals surface area contributed by atoms with Gasteiger partial charge in [-0.1, -0.05) is 29.3 Å². The summed E-state index contributed by atoms with van der Waals surface area (Å²) in [6.07, 6.45) is 5.87. The van der Waals surface area contributed by atoms with Crippen molar-refractivity contribution in [2.75, 3.05) is 63.4 Å². The normalized spacial score (nSPS) is 11.3. The van der Waals surface area contributed by atoms with Crippen LogP contribution in [0.2, 0.25) is 5.02 Å². The summed E-state index contributed by atoms with van der Waals surface area (Å²) in [5.74, 6) is 0.104. The molecular formula is C41H45Br4ClN6O7. The van der Waals surface area contributed by atoms with Crippen molar-refractivity contribution in [3.05, 3.63) is 100 Å². The Hall–Kier alpha value is -3.87. The molecule has 0 spiro atoms. The molecule has 0 aliphatic rings. The molecule has 0 bridgehead atoms. The van der Waals surface area contributed by atoms with E-state index in [1.54, 1.807) is 24.3 Å². The van der Waals surface area contributed by atoms with Crippen LogP contribution in [0.5, 0.6) is 23.0 Å². The number of phenolic OH excluding ortho intramolecular Hbond substituents is 2. The second-order valence-corrected chi connectivity index (χ2v) is 16.8. The Labute approximate surface area is 382 Å². The van der Waals surface area contributed by atoms with Gasteiger partial charge in [-0.05, 0) is 145 Å². The summed E-state index contributed by atoms with van der Waals surface area (Å²) in [5.41, 5.74) is 8.74. The highest BCUT2D eigenvalue weighted by Crippen LogP contribution is 2.42. The number of aryl methyl sites for hydroxylation is 1. The molecule has 18 heteroatoms. The summed E-state index contributed by atoms with van der Waals surface area (Å²) in [4.78, 5) is 29.8. The quantitative estimate of drug-likeness (QED) is 0.0342. The number of halogens is 5. The Balaban J connectivity index is 1.22. The predicted molar refractivity (Wildman–Crippen MR) is 248 cm³/mol. The minimum atomic E-state index is -0.334. The zero-order valence-electron chi connectivity index (χ0n) is 32.6. The van der Waals surface area contributed by atoms with E-state index in [1.807, 2.05) is 53.1 Å². The lowest BCUT2D eigenvalue weighted by molar-refractivity contribution is -0.120. The molecule has 4 N–H and O–H groups in total. The smallest absolute Gasteiger partial charge is 0.259 e. The molecule has 0 saturated carbocycles. The second kappa shape index (κ2) is 24.4. The molecule has 0 heterocycles. The fourth-order valence-electron chi connectivity index (χ4n) is 5.68. The Morgan fingerprint density at radius 2 is 1.10 bits per heavy atom. The van der Waals surface area contributed by atoms with Crippen molar-refractivity contribution in [2.24, 2.45) is 10.2 Å². The van der Waals surface area contributed by atoms with Gasteiger partial charge in [0.2, 0.25) is 0 Å². The third-order valence-corrected chi connectivity index (χ3v) is 11.6. The third kappa shape index (κ3) is 14.7. The molecule has 316 valence electrons. The number of aromatic hydroxyl groups is 2. The first-order chi connectivity index (χ1) is 28.3. The lowest BCUT2D eigenvalue weighted by atomic mass is 10.2. The number of hydrogen-bond donors (Lipinski definition) is 4. The molecule has 13 nitrogen and oxygen atoms in total. The molecule has 2 amide bonds. The van der Waals surface area contributed by atoms with Gasteiger partial charge < -0.3 is 34.2 Å². The highest BCUT2D eigenvalue weighted by molar-refractivity contribution is 9.11. The first kappa shape index (κ1) is 47.8. The van der Waals surface area contributed by atoms with Gasteiger partial charge in [0.15, 0.2) is 11.5 Å². The van der Waals surface area contributed by atoms with Gasteiger partial charge in [0, 0.05) is 53.8 Å². The fraction of sp³-hybridized carbons (Fsp3) is 0.317. The van der Waals surface area contributed by atoms with Crippen molar-refractivity contribution >= 4 is 111 Å². The van der Waals surface area contributed by atoms with Crippen LogP contribution in [0.3, 0.4) is 0 Å². The van der Waals surface area contributed by atoms with E-state index in [0.717, 1.165) is 42.6 Å². The Morgan fingerprint density at radius 1 is 0.695 bits per heavy atom. The van der Waals surface area contributed by atoms with Gasteiger partial charge in [0.05, 0.1) is 48.7 Å². The number of anilines is 2. The lowest BCUT2D eigenvalue weighted by Crippen LogP contribution is -2.36. The summed E-state index contributed by atoms with van der Waals surface area (Å²) in [6.45, 7) is 4.48. The molecule has 0 radical (unpaired) electrons. The number of hydrazone groups is 2. The van der Waals surface area contributed by atoms with Gasteiger partial charge in [-0.2, -0.15) is 10.2 Å². The van der Waals surface area contributed by atoms with Gasteiger partial charge >= 0.3 is 0 Å². The second-order valence-electron chi connectivity index (χ2n) is 13.1. The van der Waals surface area contributed by atoms with Crippen LogP contribution in [0.25, 0.3) is 0 Å². The largest absolute Gasteiger partial charge is 0.506 e. The summed E-state index contributed by atoms with van der Waals surface area (Å²) in [7, 11) is 2.99. The number of hydrogen-bond acceptors (Lipinski definition) is 11. The van der Waals surface area contributed by atoms with Crippen molar-refractivity contribution in [3.8, 4) is 23.0 Å². The van der Waals surface area contributed by atoms with Crippen LogP contribution in [0.15, 0.2) is 88.8 Å². The van der Waals surface area contributed by atoms with Gasteiger partial charge in [0.25, 0.3) is 11.8 Å². The fourth-order valence-corrected chi connectivity index (χ4v) is 8.76. The van der Waals surface area contributed by atoms with Crippen molar-refractivity contribution < 1.29 is 34.0 Å². The highest BCUT2D eigenvalue weighted by Gasteiger charge is 2.17. The predicted octanol–water partition coefficient (Wildman–Crippen LogP) is 9.32. The van der Waals surface area contributed by atoms with E-state index in [1.165, 1.54) is 26.6 Å². The van der Waals surface area contributed by atoms with Crippen LogP contribution in [0.4, 0.5) is 11.4 Å². The number of amides is 2. The molecular weight excluding hydrogens is 1040 g/mol. The average molecular weight is 1090 g/mol. The molecule has 0 aliphatic heterocycles. The first-order valence-corrected chi connectivity index (χ1v) is 21.9. The van der Waals surface area contributed by atoms with Gasteiger partial charge in [-0.25, -0.2) is 10.9 Å². The van der Waals surface area contributed by atoms with Crippen molar-refractivity contribution in [1.29, 1.82) is 0 Å². The van der Waals surface area contributed by atoms with E-state index >= 15 is 0 Å². The van der Waals surface area contributed by atoms with Crippen molar-refractivity contribution in [2.45, 2.75) is 32.6 Å². The van der Waals surface area contributed by atoms with E-state index in [-0.39, 0.29) is 36.4 Å². The standard InChI is InChI=1S/C41H45Br4ClN6O7/c1-26-8-12-30(13-9-26)51(24-34(53)49-47-22-27-20-32(42)40(57-2)36(44)38(27)55)16-4-6-18-59-19-7-5-17-52(31-14-10-29(46)11-15-31)25-35(54)50-48-23-28-21-33(43)41(58-3)37(45)39(28)56/h8-15,20-23,55-56H,4-7,16-19,24-25H2,1-3H3,(H,49,53)(H,50,54)/b47-22-,48-23-. The average Bonchev–Trinajstić information content (AvgIpc) is 3.21. The van der Waals surface area contributed by atoms with Gasteiger partial charge in [-0.15, -0.1) is 0 Å². The van der Waals surface area contributed by atoms with Crippen LogP contribution in [-0.2, 0) is 14.3 Å². The number of benzene rings is 4. The van der Waals surface area contributed by atoms with Crippen LogP contribution in [0.1, 0.15) is 42.4 Å². The Morgan fingerprint density at radius 3 is 1.51 bits per heavy atom. The molecule has 0 unspecified atom stereocenters. The SMILES string of the molecule is COc1c(Br)cc(/C=N\NC(=O)CN(CCCCOCCCCN(CC(=O)N/N=C\c2cc(Br)c(OC)c(Br)c2O)c2ccc(Cl)cc2)c2ccc(C)cc2)c(O)c1Br. The number of unbranched alkanes of at least 4 members (excludes halogenated alkanes) is 2. The number of methoxy groups -OCH3 is 2. The Kier molecular flexibility index (Phi) is 19.8. The first-order valence-electron chi connectivity index (χ1n) is 18.4. The molecule has 0 atom stereocenters. The number of rotatable bonds is 22. The van der Waals surface area contributed by atoms with E-state index in [9.17, 15) is 19.8 Å². The van der Waals surface area contributed by atoms with E-state index < -0.39 is 0 Å². The number of carbonyl (C=O) groups excluding carboxylic acids is 2. The molecule has 4 rings (SSSR count). The molecule has 0 fully saturated rings. The maximum atomic E-state index is 13.0. The van der Waals surface area contributed by atoms with E-state index in [4.69, 9.17) is 25.8 Å². The van der Waals surface area contributed by atoms with Crippen LogP contribution in [0, 0.1) is 6.92 Å². The summed E-state index contributed by atoms with van der Waals surface area (Å²) >= 11 is 19.6. The summed E-state index contributed by atoms with van der Waals surface area (Å²) in [6, 6.07) is 18.6. The maximum Gasteiger partial charge on any atom is 0.259 e. The summed E-state index contributed by atoms with van der Waals surface area (Å²) < 4.78 is 18.4. The lowest BCUT2D eigenvalue weighted by Gasteiger charge is -2.24. The number of nitrogens with zero attached hydrogens (tertiary/aromatic N) is 4. The highest BCUT2D eigenvalue weighted by atomic mass is 79.9. The molecule has 4 aromatic carbocycles. The summed E-state index contributed by atoms with van der Waals surface area (Å²) in [5, 5.41) is 29.7. The topological polar surface area (TPSA) is 158 Å². The number of nitrogens with one attached hydrogen (secondary N) is 2. The minimum absolute atomic E-state index is 0.0475. The molecule has 0 saturated heterocycles. The molecule has 0 aliphatic carbocycles. The third-order valence-electron chi connectivity index (χ3n) is 8.75. The zero-order valence-corrected chi connectivity index (χ0v) is 39.7. The van der Waals surface area contributed by atoms with Crippen LogP contribution in [-0.4, -0.2) is 88.1 Å². The molecule has 4 aromatic rings. The van der Waals surface area contributed by atoms with Gasteiger partial charge in [0.1, 0.15) is 20.4 Å². The number of phenols is 2. The van der Waals surface area contributed by atoms with Crippen molar-refractivity contribution in [3.63, 3.8) is 0 Å². The maximum absolute atomic E-state index is 13.0.